The molecule has 0 bridgehead atoms. The minimum atomic E-state index is -4.79. The van der Waals surface area contributed by atoms with Gasteiger partial charge in [0.25, 0.3) is 0 Å². The molecule has 0 aromatic heterocycles. The quantitative estimate of drug-likeness (QED) is 0.546. The molecule has 1 atom stereocenters. The van der Waals surface area contributed by atoms with E-state index in [2.05, 4.69) is 8.38 Å². The molecule has 7 nitrogen and oxygen atoms in total. The Balaban J connectivity index is 1.98. The van der Waals surface area contributed by atoms with Crippen LogP contribution in [0.5, 0.6) is 5.75 Å². The predicted octanol–water partition coefficient (Wildman–Crippen LogP) is 1.53. The minimum absolute atomic E-state index is 0.0200. The fourth-order valence-electron chi connectivity index (χ4n) is 1.74. The summed E-state index contributed by atoms with van der Waals surface area (Å²) in [5.74, 6) is -0.823. The number of halogens is 1. The number of fused-ring (bicyclic) bond motifs is 1. The van der Waals surface area contributed by atoms with Gasteiger partial charge in [-0.05, 0) is 0 Å². The van der Waals surface area contributed by atoms with Crippen molar-refractivity contribution in [2.75, 3.05) is 13.2 Å². The molecular weight excluding hydrogens is 393 g/mol. The molecular formula is C13H16INO6. The van der Waals surface area contributed by atoms with E-state index in [0.717, 1.165) is 12.8 Å². The Labute approximate surface area is 126 Å². The van der Waals surface area contributed by atoms with Gasteiger partial charge in [0.15, 0.2) is 0 Å². The third-order valence-corrected chi connectivity index (χ3v) is 6.22. The van der Waals surface area contributed by atoms with Crippen molar-refractivity contribution in [3.8, 4) is 5.75 Å². The van der Waals surface area contributed by atoms with Gasteiger partial charge in [-0.1, -0.05) is 0 Å². The number of unbranched alkanes of at least 4 members (excludes halogenated alkanes) is 1. The van der Waals surface area contributed by atoms with E-state index in [1.54, 1.807) is 0 Å². The molecule has 1 aromatic carbocycles. The van der Waals surface area contributed by atoms with Gasteiger partial charge in [0, 0.05) is 0 Å². The van der Waals surface area contributed by atoms with E-state index in [4.69, 9.17) is 4.74 Å². The Bertz CT molecular complexity index is 615. The van der Waals surface area contributed by atoms with Crippen LogP contribution in [0, 0.1) is 3.57 Å². The monoisotopic (exact) mass is 409 g/mol. The number of benzene rings is 1. The van der Waals surface area contributed by atoms with Crippen LogP contribution < -0.4 is 10.1 Å². The zero-order valence-electron chi connectivity index (χ0n) is 11.4. The molecule has 0 saturated carbocycles. The van der Waals surface area contributed by atoms with Crippen LogP contribution in [0.15, 0.2) is 18.2 Å². The van der Waals surface area contributed by atoms with E-state index in [1.807, 2.05) is 6.92 Å². The second kappa shape index (κ2) is 6.48. The molecule has 0 spiro atoms. The van der Waals surface area contributed by atoms with E-state index >= 15 is 0 Å². The Morgan fingerprint density at radius 1 is 1.48 bits per heavy atom. The molecule has 0 radical (unpaired) electrons. The third-order valence-electron chi connectivity index (χ3n) is 2.81. The summed E-state index contributed by atoms with van der Waals surface area (Å²) in [6.07, 6.45) is 1.88. The molecule has 116 valence electrons. The number of nitrogens with one attached hydrogen (secondary N) is 1. The summed E-state index contributed by atoms with van der Waals surface area (Å²) in [4.78, 5) is 23.0. The number of rotatable bonds is 6. The van der Waals surface area contributed by atoms with E-state index < -0.39 is 25.2 Å². The summed E-state index contributed by atoms with van der Waals surface area (Å²) in [5, 5.41) is 2.69. The third kappa shape index (κ3) is 3.76. The van der Waals surface area contributed by atoms with Crippen molar-refractivity contribution in [2.45, 2.75) is 19.8 Å². The fourth-order valence-corrected chi connectivity index (χ4v) is 4.50. The zero-order chi connectivity index (χ0) is 15.5. The zero-order valence-corrected chi connectivity index (χ0v) is 13.6. The number of carbonyl (C=O) groups is 2. The van der Waals surface area contributed by atoms with Gasteiger partial charge in [0.1, 0.15) is 0 Å². The summed E-state index contributed by atoms with van der Waals surface area (Å²) in [6.45, 7) is 2.43. The predicted molar refractivity (Wildman–Crippen MR) is 80.9 cm³/mol. The second-order valence-corrected chi connectivity index (χ2v) is 8.55. The molecule has 1 aliphatic rings. The number of carbonyl (C=O) groups excluding carboxylic acids is 2. The van der Waals surface area contributed by atoms with Crippen LogP contribution in [0.4, 0.5) is 0 Å². The Morgan fingerprint density at radius 3 is 2.95 bits per heavy atom. The Hall–Kier alpha value is -1.55. The van der Waals surface area contributed by atoms with Crippen molar-refractivity contribution in [1.29, 1.82) is 0 Å². The maximum absolute atomic E-state index is 11.6. The first-order valence-electron chi connectivity index (χ1n) is 6.42. The molecule has 21 heavy (non-hydrogen) atoms. The van der Waals surface area contributed by atoms with Crippen molar-refractivity contribution in [1.82, 2.24) is 5.32 Å². The Morgan fingerprint density at radius 2 is 2.24 bits per heavy atom. The average Bonchev–Trinajstić information content (AvgIpc) is 2.67. The molecule has 1 unspecified atom stereocenters. The fraction of sp³-hybridized carbons (Fsp3) is 0.385. The van der Waals surface area contributed by atoms with E-state index in [-0.39, 0.29) is 27.4 Å². The van der Waals surface area contributed by atoms with Crippen LogP contribution in [0.25, 0.3) is 0 Å². The normalized spacial score (nSPS) is 22.9. The van der Waals surface area contributed by atoms with E-state index in [1.165, 1.54) is 18.2 Å². The Kier molecular flexibility index (Phi) is 4.88. The first-order valence-corrected chi connectivity index (χ1v) is 10.2. The molecule has 8 heteroatoms. The summed E-state index contributed by atoms with van der Waals surface area (Å²) < 4.78 is 30.9. The van der Waals surface area contributed by atoms with Gasteiger partial charge in [-0.25, -0.2) is 0 Å². The summed E-state index contributed by atoms with van der Waals surface area (Å²) in [5.41, 5.74) is 0.0211. The molecule has 1 heterocycles. The molecule has 1 aromatic rings. The molecule has 0 saturated heterocycles. The maximum atomic E-state index is 11.6. The average molecular weight is 409 g/mol. The molecule has 1 amide bonds. The molecule has 0 fully saturated rings. The van der Waals surface area contributed by atoms with Crippen molar-refractivity contribution in [2.24, 2.45) is 0 Å². The van der Waals surface area contributed by atoms with Crippen LogP contribution in [-0.2, 0) is 10.9 Å². The molecule has 0 aliphatic carbocycles. The van der Waals surface area contributed by atoms with Crippen molar-refractivity contribution >= 4 is 31.1 Å². The molecule has 2 N–H and O–H groups in total. The van der Waals surface area contributed by atoms with Crippen LogP contribution in [0.1, 0.15) is 30.1 Å². The number of hydrogen-bond acceptors (Lipinski definition) is 5. The van der Waals surface area contributed by atoms with Crippen molar-refractivity contribution < 1.29 is 23.9 Å². The van der Waals surface area contributed by atoms with Crippen LogP contribution >= 0.6 is 19.3 Å². The number of hydrogen-bond donors (Lipinski definition) is 2. The van der Waals surface area contributed by atoms with Gasteiger partial charge < -0.3 is 0 Å². The first kappa shape index (κ1) is 15.8. The van der Waals surface area contributed by atoms with Crippen molar-refractivity contribution in [3.05, 3.63) is 27.3 Å². The molecule has 2 rings (SSSR count). The van der Waals surface area contributed by atoms with Gasteiger partial charge in [-0.15, -0.1) is 0 Å². The van der Waals surface area contributed by atoms with Gasteiger partial charge in [0.05, 0.1) is 0 Å². The van der Waals surface area contributed by atoms with Crippen LogP contribution in [0.2, 0.25) is 0 Å². The van der Waals surface area contributed by atoms with E-state index in [0.29, 0.717) is 6.54 Å². The SMILES string of the molecule is CCCCNC(=O)COc1ccc2c(c1)C(=O)OI2(=O)O. The van der Waals surface area contributed by atoms with Crippen LogP contribution in [0.3, 0.4) is 0 Å². The van der Waals surface area contributed by atoms with Gasteiger partial charge in [0.2, 0.25) is 0 Å². The second-order valence-electron chi connectivity index (χ2n) is 4.44. The van der Waals surface area contributed by atoms with Crippen molar-refractivity contribution in [3.63, 3.8) is 0 Å². The summed E-state index contributed by atoms with van der Waals surface area (Å²) in [6, 6.07) is 4.08. The summed E-state index contributed by atoms with van der Waals surface area (Å²) in [7, 11) is 0. The standard InChI is InChI=1S/C13H16INO6/c1-2-3-6-15-12(16)8-20-9-4-5-11-10(7-9)13(17)21-14(11,18)19/h4-5,7H,2-3,6,8H2,1H3,(H,15,16)(H,18,19). The topological polar surface area (TPSA) is 102 Å². The van der Waals surface area contributed by atoms with Crippen LogP contribution in [-0.4, -0.2) is 28.5 Å². The number of amides is 1. The first-order chi connectivity index (χ1) is 9.94. The molecule has 1 aliphatic heterocycles. The van der Waals surface area contributed by atoms with Gasteiger partial charge in [-0.2, -0.15) is 0 Å². The number of ether oxygens (including phenoxy) is 1. The van der Waals surface area contributed by atoms with Gasteiger partial charge >= 0.3 is 126 Å². The summed E-state index contributed by atoms with van der Waals surface area (Å²) >= 11 is -4.79. The van der Waals surface area contributed by atoms with Gasteiger partial charge in [-0.3, -0.25) is 0 Å². The van der Waals surface area contributed by atoms with E-state index in [9.17, 15) is 16.1 Å².